The predicted molar refractivity (Wildman–Crippen MR) is 79.9 cm³/mol. The van der Waals surface area contributed by atoms with E-state index in [4.69, 9.17) is 4.74 Å². The molecule has 1 aromatic carbocycles. The van der Waals surface area contributed by atoms with E-state index in [1.807, 2.05) is 24.3 Å². The highest BCUT2D eigenvalue weighted by Gasteiger charge is 2.23. The number of nitrogens with zero attached hydrogens (tertiary/aromatic N) is 3. The first-order valence-corrected chi connectivity index (χ1v) is 8.33. The number of aromatic nitrogens is 3. The number of hydrogen-bond acceptors (Lipinski definition) is 5. The first-order chi connectivity index (χ1) is 9.94. The smallest absolute Gasteiger partial charge is 0.260 e. The number of rotatable bonds is 6. The van der Waals surface area contributed by atoms with Crippen LogP contribution in [0, 0.1) is 0 Å². The third kappa shape index (κ3) is 3.88. The van der Waals surface area contributed by atoms with E-state index in [1.54, 1.807) is 7.11 Å². The average molecular weight is 375 g/mol. The van der Waals surface area contributed by atoms with E-state index >= 15 is 0 Å². The standard InChI is InChI=1S/C12H15BrN4O3S/c1-17-12(11(13)15-16-17)21(18,19)14-7-9-4-3-5-10(6-9)8-20-2/h3-6,14H,7-8H2,1-2H3. The molecule has 0 bridgehead atoms. The molecule has 0 amide bonds. The molecule has 1 heterocycles. The lowest BCUT2D eigenvalue weighted by Gasteiger charge is -2.08. The summed E-state index contributed by atoms with van der Waals surface area (Å²) in [7, 11) is -0.559. The quantitative estimate of drug-likeness (QED) is 0.820. The molecule has 2 rings (SSSR count). The van der Waals surface area contributed by atoms with Gasteiger partial charge in [-0.2, -0.15) is 0 Å². The molecule has 0 saturated carbocycles. The van der Waals surface area contributed by atoms with Crippen molar-refractivity contribution in [1.29, 1.82) is 0 Å². The summed E-state index contributed by atoms with van der Waals surface area (Å²) in [5.41, 5.74) is 1.83. The summed E-state index contributed by atoms with van der Waals surface area (Å²) in [6.45, 7) is 0.662. The zero-order valence-corrected chi connectivity index (χ0v) is 14.0. The summed E-state index contributed by atoms with van der Waals surface area (Å²) in [4.78, 5) is 0. The van der Waals surface area contributed by atoms with Gasteiger partial charge in [0.1, 0.15) is 0 Å². The highest BCUT2D eigenvalue weighted by molar-refractivity contribution is 9.10. The van der Waals surface area contributed by atoms with Gasteiger partial charge in [0.25, 0.3) is 10.0 Å². The van der Waals surface area contributed by atoms with Gasteiger partial charge in [-0.25, -0.2) is 17.8 Å². The second-order valence-corrected chi connectivity index (χ2v) is 6.82. The predicted octanol–water partition coefficient (Wildman–Crippen LogP) is 1.20. The van der Waals surface area contributed by atoms with Gasteiger partial charge >= 0.3 is 0 Å². The van der Waals surface area contributed by atoms with Crippen LogP contribution in [0.4, 0.5) is 0 Å². The number of ether oxygens (including phenoxy) is 1. The summed E-state index contributed by atoms with van der Waals surface area (Å²) < 4.78 is 33.5. The monoisotopic (exact) mass is 374 g/mol. The molecule has 114 valence electrons. The van der Waals surface area contributed by atoms with Gasteiger partial charge in [0.2, 0.25) is 5.03 Å². The highest BCUT2D eigenvalue weighted by atomic mass is 79.9. The van der Waals surface area contributed by atoms with Crippen molar-refractivity contribution in [2.45, 2.75) is 18.2 Å². The summed E-state index contributed by atoms with van der Waals surface area (Å²) in [5.74, 6) is 0. The molecule has 0 saturated heterocycles. The van der Waals surface area contributed by atoms with Crippen LogP contribution in [0.2, 0.25) is 0 Å². The van der Waals surface area contributed by atoms with Crippen LogP contribution < -0.4 is 4.72 Å². The van der Waals surface area contributed by atoms with Gasteiger partial charge in [0, 0.05) is 20.7 Å². The topological polar surface area (TPSA) is 86.1 Å². The Morgan fingerprint density at radius 2 is 2.10 bits per heavy atom. The summed E-state index contributed by atoms with van der Waals surface area (Å²) in [5, 5.41) is 7.33. The van der Waals surface area contributed by atoms with E-state index in [1.165, 1.54) is 11.7 Å². The molecule has 0 unspecified atom stereocenters. The van der Waals surface area contributed by atoms with Crippen LogP contribution >= 0.6 is 15.9 Å². The molecule has 1 N–H and O–H groups in total. The molecule has 0 spiro atoms. The van der Waals surface area contributed by atoms with Crippen LogP contribution in [0.5, 0.6) is 0 Å². The Kier molecular flexibility index (Phi) is 5.09. The number of benzene rings is 1. The molecule has 0 aliphatic carbocycles. The van der Waals surface area contributed by atoms with Gasteiger partial charge in [0.05, 0.1) is 6.61 Å². The SMILES string of the molecule is COCc1cccc(CNS(=O)(=O)c2c(Br)nnn2C)c1. The second kappa shape index (κ2) is 6.65. The van der Waals surface area contributed by atoms with Crippen LogP contribution in [0.3, 0.4) is 0 Å². The van der Waals surface area contributed by atoms with Gasteiger partial charge in [0.15, 0.2) is 4.60 Å². The van der Waals surface area contributed by atoms with Crippen molar-refractivity contribution in [3.63, 3.8) is 0 Å². The molecule has 0 radical (unpaired) electrons. The molecule has 0 aliphatic rings. The van der Waals surface area contributed by atoms with Crippen molar-refractivity contribution in [2.24, 2.45) is 7.05 Å². The Morgan fingerprint density at radius 1 is 1.38 bits per heavy atom. The molecule has 0 atom stereocenters. The normalized spacial score (nSPS) is 11.8. The van der Waals surface area contributed by atoms with Crippen LogP contribution in [0.15, 0.2) is 33.9 Å². The lowest BCUT2D eigenvalue weighted by atomic mass is 10.1. The second-order valence-electron chi connectivity index (χ2n) is 4.39. The maximum Gasteiger partial charge on any atom is 0.260 e. The number of aryl methyl sites for hydroxylation is 1. The first kappa shape index (κ1) is 16.1. The Labute approximate surface area is 131 Å². The van der Waals surface area contributed by atoms with Crippen LogP contribution in [-0.4, -0.2) is 30.5 Å². The minimum atomic E-state index is -3.69. The molecule has 0 aliphatic heterocycles. The van der Waals surface area contributed by atoms with E-state index in [0.29, 0.717) is 6.61 Å². The Balaban J connectivity index is 2.14. The number of hydrogen-bond donors (Lipinski definition) is 1. The van der Waals surface area contributed by atoms with Gasteiger partial charge in [-0.3, -0.25) is 0 Å². The fourth-order valence-corrected chi connectivity index (χ4v) is 3.96. The van der Waals surface area contributed by atoms with Crippen molar-refractivity contribution in [1.82, 2.24) is 19.7 Å². The number of methoxy groups -OCH3 is 1. The lowest BCUT2D eigenvalue weighted by Crippen LogP contribution is -2.25. The third-order valence-corrected chi connectivity index (χ3v) is 5.05. The van der Waals surface area contributed by atoms with Crippen molar-refractivity contribution in [3.8, 4) is 0 Å². The maximum atomic E-state index is 12.3. The van der Waals surface area contributed by atoms with E-state index in [-0.39, 0.29) is 16.2 Å². The summed E-state index contributed by atoms with van der Waals surface area (Å²) >= 11 is 3.08. The summed E-state index contributed by atoms with van der Waals surface area (Å²) in [6.07, 6.45) is 0. The zero-order chi connectivity index (χ0) is 15.5. The summed E-state index contributed by atoms with van der Waals surface area (Å²) in [6, 6.07) is 7.52. The van der Waals surface area contributed by atoms with E-state index < -0.39 is 10.0 Å². The number of nitrogens with one attached hydrogen (secondary N) is 1. The van der Waals surface area contributed by atoms with Gasteiger partial charge in [-0.15, -0.1) is 5.10 Å². The molecule has 7 nitrogen and oxygen atoms in total. The van der Waals surface area contributed by atoms with Gasteiger partial charge in [-0.1, -0.05) is 29.5 Å². The van der Waals surface area contributed by atoms with Crippen molar-refractivity contribution in [3.05, 3.63) is 40.0 Å². The third-order valence-electron chi connectivity index (χ3n) is 2.76. The highest BCUT2D eigenvalue weighted by Crippen LogP contribution is 2.18. The minimum Gasteiger partial charge on any atom is -0.380 e. The van der Waals surface area contributed by atoms with Crippen molar-refractivity contribution >= 4 is 26.0 Å². The van der Waals surface area contributed by atoms with Crippen molar-refractivity contribution < 1.29 is 13.2 Å². The molecular formula is C12H15BrN4O3S. The average Bonchev–Trinajstić information content (AvgIpc) is 2.78. The van der Waals surface area contributed by atoms with Crippen molar-refractivity contribution in [2.75, 3.05) is 7.11 Å². The Morgan fingerprint density at radius 3 is 2.71 bits per heavy atom. The van der Waals surface area contributed by atoms with E-state index in [9.17, 15) is 8.42 Å². The molecule has 21 heavy (non-hydrogen) atoms. The maximum absolute atomic E-state index is 12.3. The lowest BCUT2D eigenvalue weighted by molar-refractivity contribution is 0.185. The molecular weight excluding hydrogens is 360 g/mol. The largest absolute Gasteiger partial charge is 0.380 e. The van der Waals surface area contributed by atoms with Gasteiger partial charge < -0.3 is 4.74 Å². The molecule has 0 fully saturated rings. The Hall–Kier alpha value is -1.29. The van der Waals surface area contributed by atoms with Crippen LogP contribution in [-0.2, 0) is 35.0 Å². The van der Waals surface area contributed by atoms with E-state index in [2.05, 4.69) is 31.0 Å². The number of sulfonamides is 1. The van der Waals surface area contributed by atoms with Gasteiger partial charge in [-0.05, 0) is 27.1 Å². The van der Waals surface area contributed by atoms with Crippen LogP contribution in [0.25, 0.3) is 0 Å². The van der Waals surface area contributed by atoms with E-state index in [0.717, 1.165) is 11.1 Å². The van der Waals surface area contributed by atoms with Crippen LogP contribution in [0.1, 0.15) is 11.1 Å². The minimum absolute atomic E-state index is 0.00412. The fraction of sp³-hybridized carbons (Fsp3) is 0.333. The number of halogens is 1. The molecule has 1 aromatic heterocycles. The molecule has 2 aromatic rings. The Bertz CT molecular complexity index is 710. The fourth-order valence-electron chi connectivity index (χ4n) is 1.85. The first-order valence-electron chi connectivity index (χ1n) is 6.05. The zero-order valence-electron chi connectivity index (χ0n) is 11.6. The molecule has 9 heteroatoms.